The molecule has 118 valence electrons. The van der Waals surface area contributed by atoms with Crippen LogP contribution >= 0.6 is 11.3 Å². The van der Waals surface area contributed by atoms with Crippen LogP contribution in [-0.4, -0.2) is 26.4 Å². The number of hydrogen-bond acceptors (Lipinski definition) is 5. The number of thiophene rings is 1. The van der Waals surface area contributed by atoms with Gasteiger partial charge in [0, 0.05) is 47.2 Å². The molecular formula is C15H14N4O3S. The van der Waals surface area contributed by atoms with E-state index in [0.717, 1.165) is 4.70 Å². The first kappa shape index (κ1) is 15.2. The van der Waals surface area contributed by atoms with Crippen LogP contribution in [0.15, 0.2) is 43.0 Å². The highest BCUT2D eigenvalue weighted by Gasteiger charge is 2.15. The van der Waals surface area contributed by atoms with Crippen LogP contribution in [0.4, 0.5) is 5.69 Å². The van der Waals surface area contributed by atoms with Gasteiger partial charge in [0.25, 0.3) is 11.6 Å². The Balaban J connectivity index is 1.74. The van der Waals surface area contributed by atoms with Gasteiger partial charge >= 0.3 is 0 Å². The number of non-ortho nitro benzene ring substituents is 1. The van der Waals surface area contributed by atoms with Gasteiger partial charge in [-0.2, -0.15) is 0 Å². The summed E-state index contributed by atoms with van der Waals surface area (Å²) in [6.45, 7) is 2.54. The van der Waals surface area contributed by atoms with Crippen molar-refractivity contribution in [3.63, 3.8) is 0 Å². The van der Waals surface area contributed by atoms with E-state index in [0.29, 0.717) is 16.8 Å². The molecule has 0 unspecified atom stereocenters. The number of amides is 1. The largest absolute Gasteiger partial charge is 0.347 e. The molecule has 0 saturated heterocycles. The van der Waals surface area contributed by atoms with E-state index in [2.05, 4.69) is 10.3 Å². The fourth-order valence-corrected chi connectivity index (χ4v) is 3.25. The van der Waals surface area contributed by atoms with E-state index in [1.54, 1.807) is 24.7 Å². The van der Waals surface area contributed by atoms with Crippen LogP contribution in [-0.2, 0) is 6.54 Å². The molecule has 0 spiro atoms. The first-order valence-electron chi connectivity index (χ1n) is 6.97. The number of rotatable bonds is 5. The molecule has 1 aromatic carbocycles. The normalized spacial score (nSPS) is 12.2. The molecule has 0 aliphatic rings. The van der Waals surface area contributed by atoms with Gasteiger partial charge in [-0.1, -0.05) is 0 Å². The minimum absolute atomic E-state index is 0.0238. The van der Waals surface area contributed by atoms with Gasteiger partial charge in [-0.05, 0) is 19.1 Å². The molecule has 1 amide bonds. The molecule has 2 heterocycles. The predicted molar refractivity (Wildman–Crippen MR) is 87.6 cm³/mol. The van der Waals surface area contributed by atoms with Gasteiger partial charge in [0.1, 0.15) is 0 Å². The molecule has 8 heteroatoms. The minimum Gasteiger partial charge on any atom is -0.347 e. The summed E-state index contributed by atoms with van der Waals surface area (Å²) in [7, 11) is 0. The quantitative estimate of drug-likeness (QED) is 0.575. The van der Waals surface area contributed by atoms with E-state index in [9.17, 15) is 14.9 Å². The van der Waals surface area contributed by atoms with Crippen LogP contribution in [0.25, 0.3) is 10.1 Å². The molecule has 0 radical (unpaired) electrons. The molecule has 1 atom stereocenters. The number of nitro benzene ring substituents is 1. The standard InChI is InChI=1S/C15H14N4O3S/c1-10(8-18-5-4-16-9-18)17-15(20)14-7-11-6-12(19(21)22)2-3-13(11)23-14/h2-7,9-10H,8H2,1H3,(H,17,20)/t10-/m0/s1. The second kappa shape index (κ2) is 6.17. The van der Waals surface area contributed by atoms with Crippen molar-refractivity contribution in [3.05, 3.63) is 58.0 Å². The number of nitrogens with zero attached hydrogens (tertiary/aromatic N) is 3. The molecule has 7 nitrogen and oxygen atoms in total. The van der Waals surface area contributed by atoms with Crippen LogP contribution in [0.5, 0.6) is 0 Å². The van der Waals surface area contributed by atoms with Gasteiger partial charge in [0.05, 0.1) is 16.1 Å². The van der Waals surface area contributed by atoms with E-state index >= 15 is 0 Å². The lowest BCUT2D eigenvalue weighted by atomic mass is 10.2. The lowest BCUT2D eigenvalue weighted by Gasteiger charge is -2.13. The third kappa shape index (κ3) is 3.37. The van der Waals surface area contributed by atoms with Gasteiger partial charge in [0.2, 0.25) is 0 Å². The van der Waals surface area contributed by atoms with Crippen molar-refractivity contribution in [1.82, 2.24) is 14.9 Å². The van der Waals surface area contributed by atoms with Gasteiger partial charge in [-0.25, -0.2) is 4.98 Å². The van der Waals surface area contributed by atoms with Gasteiger partial charge in [0.15, 0.2) is 0 Å². The molecule has 2 aromatic heterocycles. The van der Waals surface area contributed by atoms with Crippen molar-refractivity contribution >= 4 is 33.0 Å². The summed E-state index contributed by atoms with van der Waals surface area (Å²) in [6, 6.07) is 6.23. The molecule has 0 bridgehead atoms. The van der Waals surface area contributed by atoms with Crippen LogP contribution in [0.1, 0.15) is 16.6 Å². The molecule has 3 aromatic rings. The molecular weight excluding hydrogens is 316 g/mol. The molecule has 3 rings (SSSR count). The SMILES string of the molecule is C[C@@H](Cn1ccnc1)NC(=O)c1cc2cc([N+](=O)[O-])ccc2s1. The Morgan fingerprint density at radius 2 is 2.30 bits per heavy atom. The number of nitrogens with one attached hydrogen (secondary N) is 1. The van der Waals surface area contributed by atoms with E-state index in [4.69, 9.17) is 0 Å². The third-order valence-electron chi connectivity index (χ3n) is 3.36. The summed E-state index contributed by atoms with van der Waals surface area (Å²) in [6.07, 6.45) is 5.22. The third-order valence-corrected chi connectivity index (χ3v) is 4.47. The summed E-state index contributed by atoms with van der Waals surface area (Å²) in [5.74, 6) is -0.179. The second-order valence-electron chi connectivity index (χ2n) is 5.22. The van der Waals surface area contributed by atoms with Crippen LogP contribution in [0.2, 0.25) is 0 Å². The van der Waals surface area contributed by atoms with Crippen molar-refractivity contribution in [2.75, 3.05) is 0 Å². The number of carbonyl (C=O) groups excluding carboxylic acids is 1. The van der Waals surface area contributed by atoms with Crippen molar-refractivity contribution in [1.29, 1.82) is 0 Å². The zero-order valence-corrected chi connectivity index (χ0v) is 13.1. The maximum absolute atomic E-state index is 12.3. The Hall–Kier alpha value is -2.74. The smallest absolute Gasteiger partial charge is 0.270 e. The molecule has 23 heavy (non-hydrogen) atoms. The Labute approximate surface area is 135 Å². The predicted octanol–water partition coefficient (Wildman–Crippen LogP) is 2.82. The summed E-state index contributed by atoms with van der Waals surface area (Å²) in [5, 5.41) is 14.4. The molecule has 0 saturated carbocycles. The first-order valence-corrected chi connectivity index (χ1v) is 7.79. The highest BCUT2D eigenvalue weighted by atomic mass is 32.1. The van der Waals surface area contributed by atoms with Gasteiger partial charge in [-0.3, -0.25) is 14.9 Å². The summed E-state index contributed by atoms with van der Waals surface area (Å²) in [4.78, 5) is 27.2. The fraction of sp³-hybridized carbons (Fsp3) is 0.200. The van der Waals surface area contributed by atoms with E-state index in [-0.39, 0.29) is 17.6 Å². The Bertz CT molecular complexity index is 857. The number of aromatic nitrogens is 2. The summed E-state index contributed by atoms with van der Waals surface area (Å²) >= 11 is 1.32. The van der Waals surface area contributed by atoms with E-state index in [1.807, 2.05) is 17.7 Å². The zero-order valence-electron chi connectivity index (χ0n) is 12.3. The fourth-order valence-electron chi connectivity index (χ4n) is 2.31. The van der Waals surface area contributed by atoms with Crippen LogP contribution in [0.3, 0.4) is 0 Å². The Kier molecular flexibility index (Phi) is 4.07. The molecule has 1 N–H and O–H groups in total. The average molecular weight is 330 g/mol. The Morgan fingerprint density at radius 1 is 1.48 bits per heavy atom. The van der Waals surface area contributed by atoms with Gasteiger partial charge < -0.3 is 9.88 Å². The van der Waals surface area contributed by atoms with Crippen molar-refractivity contribution < 1.29 is 9.72 Å². The first-order chi connectivity index (χ1) is 11.0. The maximum Gasteiger partial charge on any atom is 0.270 e. The number of hydrogen-bond donors (Lipinski definition) is 1. The minimum atomic E-state index is -0.440. The number of imidazole rings is 1. The van der Waals surface area contributed by atoms with Crippen molar-refractivity contribution in [2.45, 2.75) is 19.5 Å². The summed E-state index contributed by atoms with van der Waals surface area (Å²) in [5.41, 5.74) is 0.0238. The topological polar surface area (TPSA) is 90.1 Å². The summed E-state index contributed by atoms with van der Waals surface area (Å²) < 4.78 is 2.74. The Morgan fingerprint density at radius 3 is 3.00 bits per heavy atom. The van der Waals surface area contributed by atoms with Crippen molar-refractivity contribution in [3.8, 4) is 0 Å². The monoisotopic (exact) mass is 330 g/mol. The number of fused-ring (bicyclic) bond motifs is 1. The van der Waals surface area contributed by atoms with Gasteiger partial charge in [-0.15, -0.1) is 11.3 Å². The van der Waals surface area contributed by atoms with Crippen LogP contribution in [0, 0.1) is 10.1 Å². The zero-order chi connectivity index (χ0) is 16.4. The number of carbonyl (C=O) groups is 1. The highest BCUT2D eigenvalue weighted by Crippen LogP contribution is 2.28. The van der Waals surface area contributed by atoms with Crippen molar-refractivity contribution in [2.24, 2.45) is 0 Å². The lowest BCUT2D eigenvalue weighted by Crippen LogP contribution is -2.35. The van der Waals surface area contributed by atoms with E-state index < -0.39 is 4.92 Å². The average Bonchev–Trinajstić information content (AvgIpc) is 3.14. The molecule has 0 aliphatic carbocycles. The molecule has 0 aliphatic heterocycles. The van der Waals surface area contributed by atoms with Crippen LogP contribution < -0.4 is 5.32 Å². The molecule has 0 fully saturated rings. The second-order valence-corrected chi connectivity index (χ2v) is 6.31. The lowest BCUT2D eigenvalue weighted by molar-refractivity contribution is -0.384. The van der Waals surface area contributed by atoms with E-state index in [1.165, 1.54) is 23.5 Å². The number of benzene rings is 1. The highest BCUT2D eigenvalue weighted by molar-refractivity contribution is 7.20. The number of nitro groups is 1. The maximum atomic E-state index is 12.3.